The smallest absolute Gasteiger partial charge is 0.303 e. The number of carbonyl (C=O) groups is 3. The summed E-state index contributed by atoms with van der Waals surface area (Å²) in [6.07, 6.45) is -2.97. The molecule has 4 atom stereocenters. The van der Waals surface area contributed by atoms with Gasteiger partial charge in [0.2, 0.25) is 5.28 Å². The van der Waals surface area contributed by atoms with Crippen LogP contribution in [0, 0.1) is 11.3 Å². The summed E-state index contributed by atoms with van der Waals surface area (Å²) in [5.41, 5.74) is 0.257. The first kappa shape index (κ1) is 22.7. The van der Waals surface area contributed by atoms with Crippen molar-refractivity contribution in [3.05, 3.63) is 22.2 Å². The van der Waals surface area contributed by atoms with E-state index in [2.05, 4.69) is 9.97 Å². The van der Waals surface area contributed by atoms with Gasteiger partial charge in [-0.2, -0.15) is 10.2 Å². The Balaban J connectivity index is 2.13. The molecule has 164 valence electrons. The van der Waals surface area contributed by atoms with E-state index >= 15 is 0 Å². The molecule has 0 unspecified atom stereocenters. The zero-order valence-electron chi connectivity index (χ0n) is 16.5. The summed E-state index contributed by atoms with van der Waals surface area (Å²) in [6, 6.07) is 1.98. The van der Waals surface area contributed by atoms with Gasteiger partial charge in [0.15, 0.2) is 18.4 Å². The molecular weight excluding hydrogens is 455 g/mol. The van der Waals surface area contributed by atoms with Gasteiger partial charge in [0.05, 0.1) is 10.9 Å². The minimum atomic E-state index is -1.16. The molecular formula is C18H16Cl2N4O7. The Bertz CT molecular complexity index is 1100. The molecule has 1 saturated heterocycles. The van der Waals surface area contributed by atoms with Crippen molar-refractivity contribution < 1.29 is 33.3 Å². The van der Waals surface area contributed by atoms with Crippen molar-refractivity contribution >= 4 is 52.1 Å². The van der Waals surface area contributed by atoms with E-state index in [0.717, 1.165) is 0 Å². The second-order valence-corrected chi connectivity index (χ2v) is 7.26. The Morgan fingerprint density at radius 2 is 1.77 bits per heavy atom. The van der Waals surface area contributed by atoms with Crippen LogP contribution in [0.25, 0.3) is 11.0 Å². The molecule has 0 bridgehead atoms. The van der Waals surface area contributed by atoms with Crippen molar-refractivity contribution in [3.8, 4) is 6.07 Å². The SMILES string of the molecule is CC(=O)OC[C@@H]1O[C@@H](n2cc(C#N)c3c(Cl)nc(Cl)nc32)[C@@H](OC(C)=O)[C@@H]1OC(C)=O. The minimum absolute atomic E-state index is 0.0552. The van der Waals surface area contributed by atoms with Crippen molar-refractivity contribution in [2.24, 2.45) is 0 Å². The lowest BCUT2D eigenvalue weighted by Gasteiger charge is -2.24. The van der Waals surface area contributed by atoms with Crippen molar-refractivity contribution in [2.45, 2.75) is 45.3 Å². The second kappa shape index (κ2) is 9.05. The molecule has 1 fully saturated rings. The van der Waals surface area contributed by atoms with E-state index in [1.165, 1.54) is 31.5 Å². The summed E-state index contributed by atoms with van der Waals surface area (Å²) >= 11 is 12.1. The first-order chi connectivity index (χ1) is 14.6. The number of esters is 3. The summed E-state index contributed by atoms with van der Waals surface area (Å²) in [5, 5.41) is 9.48. The van der Waals surface area contributed by atoms with Crippen LogP contribution in [0.1, 0.15) is 32.6 Å². The number of halogens is 2. The first-order valence-corrected chi connectivity index (χ1v) is 9.65. The van der Waals surface area contributed by atoms with E-state index in [0.29, 0.717) is 0 Å². The molecule has 3 heterocycles. The molecule has 0 spiro atoms. The van der Waals surface area contributed by atoms with Crippen LogP contribution in [-0.4, -0.2) is 57.4 Å². The van der Waals surface area contributed by atoms with Gasteiger partial charge < -0.3 is 23.5 Å². The highest BCUT2D eigenvalue weighted by atomic mass is 35.5. The van der Waals surface area contributed by atoms with Gasteiger partial charge in [-0.05, 0) is 11.6 Å². The molecule has 1 aliphatic heterocycles. The van der Waals surface area contributed by atoms with E-state index < -0.39 is 42.4 Å². The zero-order valence-corrected chi connectivity index (χ0v) is 18.0. The minimum Gasteiger partial charge on any atom is -0.463 e. The summed E-state index contributed by atoms with van der Waals surface area (Å²) in [5.74, 6) is -1.92. The van der Waals surface area contributed by atoms with Crippen LogP contribution in [0.3, 0.4) is 0 Å². The molecule has 0 saturated carbocycles. The van der Waals surface area contributed by atoms with Gasteiger partial charge in [-0.15, -0.1) is 0 Å². The average Bonchev–Trinajstić information content (AvgIpc) is 3.18. The largest absolute Gasteiger partial charge is 0.463 e. The van der Waals surface area contributed by atoms with Crippen LogP contribution in [0.15, 0.2) is 6.20 Å². The lowest BCUT2D eigenvalue weighted by Crippen LogP contribution is -2.40. The Hall–Kier alpha value is -2.94. The molecule has 0 amide bonds. The molecule has 2 aromatic rings. The maximum atomic E-state index is 11.8. The van der Waals surface area contributed by atoms with Crippen molar-refractivity contribution in [1.82, 2.24) is 14.5 Å². The van der Waals surface area contributed by atoms with Crippen molar-refractivity contribution in [1.29, 1.82) is 5.26 Å². The summed E-state index contributed by atoms with van der Waals surface area (Å²) < 4.78 is 23.0. The summed E-state index contributed by atoms with van der Waals surface area (Å²) in [4.78, 5) is 42.7. The Morgan fingerprint density at radius 1 is 1.13 bits per heavy atom. The first-order valence-electron chi connectivity index (χ1n) is 8.89. The third-order valence-electron chi connectivity index (χ3n) is 4.34. The van der Waals surface area contributed by atoms with E-state index in [4.69, 9.17) is 42.1 Å². The highest BCUT2D eigenvalue weighted by Gasteiger charge is 2.51. The predicted octanol–water partition coefficient (Wildman–Crippen LogP) is 1.93. The number of fused-ring (bicyclic) bond motifs is 1. The van der Waals surface area contributed by atoms with Gasteiger partial charge in [-0.3, -0.25) is 14.4 Å². The van der Waals surface area contributed by atoms with Crippen LogP contribution >= 0.6 is 23.2 Å². The molecule has 0 aliphatic carbocycles. The Morgan fingerprint density at radius 3 is 2.35 bits per heavy atom. The number of aromatic nitrogens is 3. The van der Waals surface area contributed by atoms with Gasteiger partial charge in [0.25, 0.3) is 0 Å². The van der Waals surface area contributed by atoms with Gasteiger partial charge in [-0.25, -0.2) is 4.98 Å². The third-order valence-corrected chi connectivity index (χ3v) is 4.78. The number of hydrogen-bond acceptors (Lipinski definition) is 10. The van der Waals surface area contributed by atoms with E-state index in [9.17, 15) is 19.6 Å². The molecule has 1 aliphatic rings. The van der Waals surface area contributed by atoms with Crippen molar-refractivity contribution in [3.63, 3.8) is 0 Å². The number of hydrogen-bond donors (Lipinski definition) is 0. The van der Waals surface area contributed by atoms with Crippen LogP contribution in [0.4, 0.5) is 0 Å². The monoisotopic (exact) mass is 470 g/mol. The normalized spacial score (nSPS) is 22.7. The maximum Gasteiger partial charge on any atom is 0.303 e. The number of ether oxygens (including phenoxy) is 4. The summed E-state index contributed by atoms with van der Waals surface area (Å²) in [6.45, 7) is 3.27. The molecule has 13 heteroatoms. The standard InChI is InChI=1S/C18H16Cl2N4O7/c1-7(25)28-6-11-13(29-8(2)26)14(30-9(3)27)17(31-11)24-5-10(4-21)12-15(19)22-18(20)23-16(12)24/h5,11,13-14,17H,6H2,1-3H3/t11-,13+,14-,17+/m0/s1. The number of nitrogens with zero attached hydrogens (tertiary/aromatic N) is 4. The molecule has 0 aromatic carbocycles. The fourth-order valence-corrected chi connectivity index (χ4v) is 3.75. The maximum absolute atomic E-state index is 11.8. The predicted molar refractivity (Wildman–Crippen MR) is 104 cm³/mol. The fraction of sp³-hybridized carbons (Fsp3) is 0.444. The van der Waals surface area contributed by atoms with Gasteiger partial charge in [0.1, 0.15) is 29.6 Å². The summed E-state index contributed by atoms with van der Waals surface area (Å²) in [7, 11) is 0. The molecule has 3 rings (SSSR count). The lowest BCUT2D eigenvalue weighted by molar-refractivity contribution is -0.166. The van der Waals surface area contributed by atoms with E-state index in [1.807, 2.05) is 6.07 Å². The molecule has 2 aromatic heterocycles. The van der Waals surface area contributed by atoms with Crippen LogP contribution in [0.5, 0.6) is 0 Å². The van der Waals surface area contributed by atoms with Gasteiger partial charge in [0, 0.05) is 27.0 Å². The van der Waals surface area contributed by atoms with Gasteiger partial charge in [-0.1, -0.05) is 11.6 Å². The zero-order chi connectivity index (χ0) is 22.9. The molecule has 0 radical (unpaired) electrons. The second-order valence-electron chi connectivity index (χ2n) is 6.56. The lowest BCUT2D eigenvalue weighted by atomic mass is 10.1. The Kier molecular flexibility index (Phi) is 6.64. The number of nitriles is 1. The van der Waals surface area contributed by atoms with Crippen molar-refractivity contribution in [2.75, 3.05) is 6.61 Å². The fourth-order valence-electron chi connectivity index (χ4n) is 3.28. The van der Waals surface area contributed by atoms with Gasteiger partial charge >= 0.3 is 17.9 Å². The van der Waals surface area contributed by atoms with Crippen LogP contribution in [-0.2, 0) is 33.3 Å². The third kappa shape index (κ3) is 4.71. The van der Waals surface area contributed by atoms with E-state index in [1.54, 1.807) is 0 Å². The van der Waals surface area contributed by atoms with Crippen LogP contribution < -0.4 is 0 Å². The quantitative estimate of drug-likeness (QED) is 0.275. The number of carbonyl (C=O) groups excluding carboxylic acids is 3. The van der Waals surface area contributed by atoms with E-state index in [-0.39, 0.29) is 33.6 Å². The topological polar surface area (TPSA) is 143 Å². The molecule has 0 N–H and O–H groups in total. The molecule has 31 heavy (non-hydrogen) atoms. The van der Waals surface area contributed by atoms with Crippen LogP contribution in [0.2, 0.25) is 10.4 Å². The highest BCUT2D eigenvalue weighted by Crippen LogP contribution is 2.38. The Labute approximate surface area is 185 Å². The average molecular weight is 471 g/mol. The number of rotatable bonds is 5. The molecule has 11 nitrogen and oxygen atoms in total. The highest BCUT2D eigenvalue weighted by molar-refractivity contribution is 6.36.